The number of hydrogen-bond acceptors (Lipinski definition) is 5. The Kier molecular flexibility index (Phi) is 5.88. The molecule has 0 spiro atoms. The first-order valence-corrected chi connectivity index (χ1v) is 8.40. The Balaban J connectivity index is 1.62. The first-order valence-electron chi connectivity index (χ1n) is 8.40. The van der Waals surface area contributed by atoms with Gasteiger partial charge in [-0.05, 0) is 29.8 Å². The van der Waals surface area contributed by atoms with Crippen molar-refractivity contribution in [3.8, 4) is 17.2 Å². The number of nitrogens with two attached hydrogens (primary N) is 1. The summed E-state index contributed by atoms with van der Waals surface area (Å²) in [5.41, 5.74) is 7.93. The minimum Gasteiger partial charge on any atom is -0.493 e. The Morgan fingerprint density at radius 3 is 2.63 bits per heavy atom. The summed E-state index contributed by atoms with van der Waals surface area (Å²) in [6, 6.07) is 15.5. The SMILES string of the molecule is COc1ccc(CN=C(N)NCc2nncn2-c2ccccc2)cc1OC. The van der Waals surface area contributed by atoms with Crippen LogP contribution in [0.25, 0.3) is 5.69 Å². The molecule has 0 saturated heterocycles. The van der Waals surface area contributed by atoms with Crippen molar-refractivity contribution in [3.05, 3.63) is 66.2 Å². The molecule has 27 heavy (non-hydrogen) atoms. The Morgan fingerprint density at radius 1 is 1.11 bits per heavy atom. The van der Waals surface area contributed by atoms with Crippen LogP contribution >= 0.6 is 0 Å². The molecule has 0 aliphatic carbocycles. The summed E-state index contributed by atoms with van der Waals surface area (Å²) in [6.07, 6.45) is 1.67. The second kappa shape index (κ2) is 8.70. The molecule has 3 aromatic rings. The van der Waals surface area contributed by atoms with E-state index < -0.39 is 0 Å². The van der Waals surface area contributed by atoms with Crippen LogP contribution in [0.2, 0.25) is 0 Å². The number of methoxy groups -OCH3 is 2. The van der Waals surface area contributed by atoms with Gasteiger partial charge in [0.25, 0.3) is 0 Å². The van der Waals surface area contributed by atoms with Crippen molar-refractivity contribution in [1.82, 2.24) is 20.1 Å². The van der Waals surface area contributed by atoms with Crippen LogP contribution in [-0.2, 0) is 13.1 Å². The highest BCUT2D eigenvalue weighted by atomic mass is 16.5. The molecular formula is C19H22N6O2. The first-order chi connectivity index (χ1) is 13.2. The fraction of sp³-hybridized carbons (Fsp3) is 0.211. The molecule has 1 aromatic heterocycles. The fourth-order valence-electron chi connectivity index (χ4n) is 2.56. The molecule has 3 rings (SSSR count). The largest absolute Gasteiger partial charge is 0.493 e. The van der Waals surface area contributed by atoms with E-state index in [9.17, 15) is 0 Å². The lowest BCUT2D eigenvalue weighted by molar-refractivity contribution is 0.354. The molecule has 0 aliphatic rings. The number of rotatable bonds is 7. The first kappa shape index (κ1) is 18.2. The van der Waals surface area contributed by atoms with Gasteiger partial charge in [0.1, 0.15) is 6.33 Å². The highest BCUT2D eigenvalue weighted by molar-refractivity contribution is 5.77. The average molecular weight is 366 g/mol. The van der Waals surface area contributed by atoms with E-state index >= 15 is 0 Å². The zero-order valence-corrected chi connectivity index (χ0v) is 15.3. The minimum absolute atomic E-state index is 0.326. The van der Waals surface area contributed by atoms with Crippen molar-refractivity contribution in [1.29, 1.82) is 0 Å². The maximum atomic E-state index is 5.98. The number of benzene rings is 2. The van der Waals surface area contributed by atoms with E-state index in [0.29, 0.717) is 30.5 Å². The number of hydrogen-bond donors (Lipinski definition) is 2. The predicted molar refractivity (Wildman–Crippen MR) is 103 cm³/mol. The Labute approximate surface area is 157 Å². The topological polar surface area (TPSA) is 99.6 Å². The Bertz CT molecular complexity index is 908. The van der Waals surface area contributed by atoms with Gasteiger partial charge in [0.2, 0.25) is 0 Å². The number of para-hydroxylation sites is 1. The molecule has 3 N–H and O–H groups in total. The van der Waals surface area contributed by atoms with E-state index in [0.717, 1.165) is 17.1 Å². The fourth-order valence-corrected chi connectivity index (χ4v) is 2.56. The molecule has 140 valence electrons. The second-order valence-electron chi connectivity index (χ2n) is 5.70. The molecular weight excluding hydrogens is 344 g/mol. The molecule has 0 bridgehead atoms. The van der Waals surface area contributed by atoms with Crippen LogP contribution in [0, 0.1) is 0 Å². The van der Waals surface area contributed by atoms with Gasteiger partial charge in [-0.2, -0.15) is 0 Å². The van der Waals surface area contributed by atoms with Crippen molar-refractivity contribution in [2.75, 3.05) is 14.2 Å². The third kappa shape index (κ3) is 4.55. The lowest BCUT2D eigenvalue weighted by Gasteiger charge is -2.09. The molecule has 0 saturated carbocycles. The molecule has 0 amide bonds. The van der Waals surface area contributed by atoms with Gasteiger partial charge in [0, 0.05) is 5.69 Å². The van der Waals surface area contributed by atoms with Crippen LogP contribution in [0.4, 0.5) is 0 Å². The van der Waals surface area contributed by atoms with Gasteiger partial charge in [-0.3, -0.25) is 4.57 Å². The maximum absolute atomic E-state index is 5.98. The number of guanidine groups is 1. The van der Waals surface area contributed by atoms with Crippen molar-refractivity contribution in [2.45, 2.75) is 13.1 Å². The second-order valence-corrected chi connectivity index (χ2v) is 5.70. The van der Waals surface area contributed by atoms with Gasteiger partial charge in [-0.15, -0.1) is 10.2 Å². The normalized spacial score (nSPS) is 11.3. The van der Waals surface area contributed by atoms with Crippen LogP contribution < -0.4 is 20.5 Å². The monoisotopic (exact) mass is 366 g/mol. The van der Waals surface area contributed by atoms with Crippen molar-refractivity contribution >= 4 is 5.96 Å². The zero-order valence-electron chi connectivity index (χ0n) is 15.3. The molecule has 8 heteroatoms. The van der Waals surface area contributed by atoms with E-state index in [4.69, 9.17) is 15.2 Å². The highest BCUT2D eigenvalue weighted by Crippen LogP contribution is 2.27. The van der Waals surface area contributed by atoms with E-state index in [2.05, 4.69) is 20.5 Å². The maximum Gasteiger partial charge on any atom is 0.189 e. The van der Waals surface area contributed by atoms with Gasteiger partial charge in [0.05, 0.1) is 27.3 Å². The van der Waals surface area contributed by atoms with Crippen LogP contribution in [0.5, 0.6) is 11.5 Å². The quantitative estimate of drug-likeness (QED) is 0.489. The summed E-state index contributed by atoms with van der Waals surface area (Å²) in [5, 5.41) is 11.2. The molecule has 2 aromatic carbocycles. The summed E-state index contributed by atoms with van der Waals surface area (Å²) in [4.78, 5) is 4.36. The van der Waals surface area contributed by atoms with Gasteiger partial charge in [-0.25, -0.2) is 4.99 Å². The van der Waals surface area contributed by atoms with Crippen molar-refractivity contribution < 1.29 is 9.47 Å². The smallest absolute Gasteiger partial charge is 0.189 e. The molecule has 0 aliphatic heterocycles. The standard InChI is InChI=1S/C19H22N6O2/c1-26-16-9-8-14(10-17(16)27-2)11-21-19(20)22-12-18-24-23-13-25(18)15-6-4-3-5-7-15/h3-10,13H,11-12H2,1-2H3,(H3,20,21,22). The molecule has 0 radical (unpaired) electrons. The lowest BCUT2D eigenvalue weighted by Crippen LogP contribution is -2.32. The Hall–Kier alpha value is -3.55. The minimum atomic E-state index is 0.326. The summed E-state index contributed by atoms with van der Waals surface area (Å²) >= 11 is 0. The lowest BCUT2D eigenvalue weighted by atomic mass is 10.2. The van der Waals surface area contributed by atoms with Gasteiger partial charge < -0.3 is 20.5 Å². The van der Waals surface area contributed by atoms with Crippen molar-refractivity contribution in [3.63, 3.8) is 0 Å². The van der Waals surface area contributed by atoms with Crippen LogP contribution in [0.3, 0.4) is 0 Å². The number of aliphatic imine (C=N–C) groups is 1. The number of nitrogens with zero attached hydrogens (tertiary/aromatic N) is 4. The summed E-state index contributed by atoms with van der Waals surface area (Å²) in [5.74, 6) is 2.40. The summed E-state index contributed by atoms with van der Waals surface area (Å²) in [6.45, 7) is 0.834. The number of nitrogens with one attached hydrogen (secondary N) is 1. The predicted octanol–water partition coefficient (Wildman–Crippen LogP) is 1.89. The van der Waals surface area contributed by atoms with Crippen LogP contribution in [0.15, 0.2) is 59.9 Å². The third-order valence-corrected chi connectivity index (χ3v) is 3.96. The van der Waals surface area contributed by atoms with Gasteiger partial charge in [-0.1, -0.05) is 24.3 Å². The summed E-state index contributed by atoms with van der Waals surface area (Å²) in [7, 11) is 3.20. The molecule has 0 atom stereocenters. The van der Waals surface area contributed by atoms with Crippen LogP contribution in [-0.4, -0.2) is 34.9 Å². The average Bonchev–Trinajstić information content (AvgIpc) is 3.19. The molecule has 0 unspecified atom stereocenters. The van der Waals surface area contributed by atoms with E-state index in [1.807, 2.05) is 53.1 Å². The molecule has 1 heterocycles. The van der Waals surface area contributed by atoms with Crippen LogP contribution in [0.1, 0.15) is 11.4 Å². The van der Waals surface area contributed by atoms with E-state index in [1.54, 1.807) is 20.5 Å². The van der Waals surface area contributed by atoms with Gasteiger partial charge >= 0.3 is 0 Å². The number of aromatic nitrogens is 3. The van der Waals surface area contributed by atoms with Crippen molar-refractivity contribution in [2.24, 2.45) is 10.7 Å². The van der Waals surface area contributed by atoms with E-state index in [-0.39, 0.29) is 0 Å². The summed E-state index contributed by atoms with van der Waals surface area (Å²) < 4.78 is 12.4. The molecule has 8 nitrogen and oxygen atoms in total. The Morgan fingerprint density at radius 2 is 1.89 bits per heavy atom. The zero-order chi connectivity index (χ0) is 19.1. The number of ether oxygens (including phenoxy) is 2. The van der Waals surface area contributed by atoms with Gasteiger partial charge in [0.15, 0.2) is 23.3 Å². The molecule has 0 fully saturated rings. The highest BCUT2D eigenvalue weighted by Gasteiger charge is 2.07. The third-order valence-electron chi connectivity index (χ3n) is 3.96. The van der Waals surface area contributed by atoms with E-state index in [1.165, 1.54) is 0 Å².